The number of halogens is 1. The normalized spacial score (nSPS) is 20.9. The van der Waals surface area contributed by atoms with Crippen molar-refractivity contribution in [2.24, 2.45) is 0 Å². The summed E-state index contributed by atoms with van der Waals surface area (Å²) in [5, 5.41) is 8.92. The van der Waals surface area contributed by atoms with Crippen molar-refractivity contribution in [2.75, 3.05) is 13.2 Å². The number of benzene rings is 2. The lowest BCUT2D eigenvalue weighted by molar-refractivity contribution is -0.232. The molecule has 0 unspecified atom stereocenters. The van der Waals surface area contributed by atoms with Crippen molar-refractivity contribution in [1.29, 1.82) is 5.26 Å². The maximum atomic E-state index is 13.5. The third kappa shape index (κ3) is 3.93. The van der Waals surface area contributed by atoms with E-state index in [0.29, 0.717) is 24.3 Å². The third-order valence-corrected chi connectivity index (χ3v) is 3.59. The zero-order valence-electron chi connectivity index (χ0n) is 12.4. The quantitative estimate of drug-likeness (QED) is 0.869. The molecule has 4 nitrogen and oxygen atoms in total. The van der Waals surface area contributed by atoms with Crippen LogP contribution in [-0.2, 0) is 20.8 Å². The standard InChI is InChI=1S/C18H16FNO3/c19-17-7-2-1-5-15(17)10-21-16-11-22-18(23-12-16)14-6-3-4-13(8-14)9-20/h1-8,16,18H,10-12H2/t16-,18+. The van der Waals surface area contributed by atoms with Gasteiger partial charge in [0.1, 0.15) is 11.9 Å². The molecule has 2 aromatic carbocycles. The van der Waals surface area contributed by atoms with E-state index in [2.05, 4.69) is 6.07 Å². The van der Waals surface area contributed by atoms with E-state index < -0.39 is 6.29 Å². The predicted octanol–water partition coefficient (Wildman–Crippen LogP) is 3.33. The molecule has 23 heavy (non-hydrogen) atoms. The monoisotopic (exact) mass is 313 g/mol. The van der Waals surface area contributed by atoms with Crippen LogP contribution in [0.25, 0.3) is 0 Å². The molecule has 0 aliphatic carbocycles. The Labute approximate surface area is 134 Å². The molecule has 1 fully saturated rings. The molecule has 0 bridgehead atoms. The Hall–Kier alpha value is -2.26. The summed E-state index contributed by atoms with van der Waals surface area (Å²) in [6.07, 6.45) is -0.749. The lowest BCUT2D eigenvalue weighted by Gasteiger charge is -2.29. The smallest absolute Gasteiger partial charge is 0.184 e. The highest BCUT2D eigenvalue weighted by Crippen LogP contribution is 2.25. The first-order chi connectivity index (χ1) is 11.3. The van der Waals surface area contributed by atoms with Crippen molar-refractivity contribution in [3.8, 4) is 6.07 Å². The number of nitriles is 1. The van der Waals surface area contributed by atoms with Crippen molar-refractivity contribution < 1.29 is 18.6 Å². The van der Waals surface area contributed by atoms with E-state index in [1.165, 1.54) is 6.07 Å². The Kier molecular flexibility index (Phi) is 4.99. The third-order valence-electron chi connectivity index (χ3n) is 3.59. The molecular weight excluding hydrogens is 297 g/mol. The fourth-order valence-electron chi connectivity index (χ4n) is 2.35. The van der Waals surface area contributed by atoms with E-state index in [1.54, 1.807) is 36.4 Å². The van der Waals surface area contributed by atoms with Crippen LogP contribution in [0.5, 0.6) is 0 Å². The van der Waals surface area contributed by atoms with Gasteiger partial charge < -0.3 is 14.2 Å². The largest absolute Gasteiger partial charge is 0.369 e. The van der Waals surface area contributed by atoms with Crippen molar-refractivity contribution in [1.82, 2.24) is 0 Å². The Bertz CT molecular complexity index is 705. The molecular formula is C18H16FNO3. The molecule has 1 aliphatic rings. The SMILES string of the molecule is N#Cc1cccc([C@H]2OC[C@@H](OCc3ccccc3F)CO2)c1. The Balaban J connectivity index is 1.52. The van der Waals surface area contributed by atoms with Crippen LogP contribution >= 0.6 is 0 Å². The molecule has 1 aliphatic heterocycles. The highest BCUT2D eigenvalue weighted by atomic mass is 19.1. The summed E-state index contributed by atoms with van der Waals surface area (Å²) in [5.41, 5.74) is 1.88. The van der Waals surface area contributed by atoms with Crippen molar-refractivity contribution >= 4 is 0 Å². The number of ether oxygens (including phenoxy) is 3. The van der Waals surface area contributed by atoms with Gasteiger partial charge >= 0.3 is 0 Å². The van der Waals surface area contributed by atoms with Crippen LogP contribution < -0.4 is 0 Å². The van der Waals surface area contributed by atoms with Gasteiger partial charge in [0.25, 0.3) is 0 Å². The average molecular weight is 313 g/mol. The maximum absolute atomic E-state index is 13.5. The molecule has 0 N–H and O–H groups in total. The van der Waals surface area contributed by atoms with Crippen LogP contribution in [0, 0.1) is 17.1 Å². The van der Waals surface area contributed by atoms with Crippen molar-refractivity contribution in [2.45, 2.75) is 19.0 Å². The second kappa shape index (κ2) is 7.34. The lowest BCUT2D eigenvalue weighted by atomic mass is 10.1. The maximum Gasteiger partial charge on any atom is 0.184 e. The molecule has 0 spiro atoms. The Morgan fingerprint density at radius 2 is 1.91 bits per heavy atom. The minimum atomic E-state index is -0.503. The summed E-state index contributed by atoms with van der Waals surface area (Å²) < 4.78 is 30.5. The van der Waals surface area contributed by atoms with Gasteiger partial charge in [0.05, 0.1) is 31.5 Å². The van der Waals surface area contributed by atoms with Gasteiger partial charge in [-0.1, -0.05) is 30.3 Å². The van der Waals surface area contributed by atoms with E-state index in [-0.39, 0.29) is 18.5 Å². The highest BCUT2D eigenvalue weighted by Gasteiger charge is 2.24. The summed E-state index contributed by atoms with van der Waals surface area (Å²) in [7, 11) is 0. The number of hydrogen-bond acceptors (Lipinski definition) is 4. The van der Waals surface area contributed by atoms with Gasteiger partial charge in [-0.2, -0.15) is 5.26 Å². The first kappa shape index (κ1) is 15.6. The first-order valence-electron chi connectivity index (χ1n) is 7.34. The minimum Gasteiger partial charge on any atom is -0.369 e. The summed E-state index contributed by atoms with van der Waals surface area (Å²) in [6.45, 7) is 0.893. The van der Waals surface area contributed by atoms with E-state index in [9.17, 15) is 4.39 Å². The second-order valence-electron chi connectivity index (χ2n) is 5.26. The van der Waals surface area contributed by atoms with Gasteiger partial charge in [0, 0.05) is 11.1 Å². The Morgan fingerprint density at radius 1 is 1.13 bits per heavy atom. The average Bonchev–Trinajstić information content (AvgIpc) is 2.61. The van der Waals surface area contributed by atoms with Crippen LogP contribution in [0.2, 0.25) is 0 Å². The van der Waals surface area contributed by atoms with Gasteiger partial charge in [-0.05, 0) is 18.2 Å². The summed E-state index contributed by atoms with van der Waals surface area (Å²) in [4.78, 5) is 0. The fraction of sp³-hybridized carbons (Fsp3) is 0.278. The zero-order valence-corrected chi connectivity index (χ0v) is 12.4. The molecule has 2 aromatic rings. The van der Waals surface area contributed by atoms with Crippen LogP contribution in [0.1, 0.15) is 23.0 Å². The minimum absolute atomic E-state index is 0.179. The van der Waals surface area contributed by atoms with E-state index in [0.717, 1.165) is 5.56 Å². The molecule has 1 saturated heterocycles. The fourth-order valence-corrected chi connectivity index (χ4v) is 2.35. The van der Waals surface area contributed by atoms with E-state index in [1.807, 2.05) is 6.07 Å². The second-order valence-corrected chi connectivity index (χ2v) is 5.26. The number of hydrogen-bond donors (Lipinski definition) is 0. The first-order valence-corrected chi connectivity index (χ1v) is 7.34. The molecule has 118 valence electrons. The lowest BCUT2D eigenvalue weighted by Crippen LogP contribution is -2.33. The van der Waals surface area contributed by atoms with Gasteiger partial charge in [-0.15, -0.1) is 0 Å². The zero-order chi connectivity index (χ0) is 16.1. The molecule has 0 aromatic heterocycles. The van der Waals surface area contributed by atoms with Gasteiger partial charge in [0.15, 0.2) is 6.29 Å². The number of rotatable bonds is 4. The molecule has 0 amide bonds. The van der Waals surface area contributed by atoms with Crippen molar-refractivity contribution in [3.63, 3.8) is 0 Å². The predicted molar refractivity (Wildman–Crippen MR) is 80.8 cm³/mol. The molecule has 0 radical (unpaired) electrons. The molecule has 0 atom stereocenters. The number of nitrogens with zero attached hydrogens (tertiary/aromatic N) is 1. The Morgan fingerprint density at radius 3 is 2.65 bits per heavy atom. The van der Waals surface area contributed by atoms with Crippen molar-refractivity contribution in [3.05, 3.63) is 71.0 Å². The van der Waals surface area contributed by atoms with Crippen LogP contribution in [0.3, 0.4) is 0 Å². The van der Waals surface area contributed by atoms with Crippen LogP contribution in [0.15, 0.2) is 48.5 Å². The van der Waals surface area contributed by atoms with E-state index >= 15 is 0 Å². The topological polar surface area (TPSA) is 51.5 Å². The van der Waals surface area contributed by atoms with Gasteiger partial charge in [-0.3, -0.25) is 0 Å². The molecule has 1 heterocycles. The van der Waals surface area contributed by atoms with Gasteiger partial charge in [-0.25, -0.2) is 4.39 Å². The van der Waals surface area contributed by atoms with Crippen LogP contribution in [-0.4, -0.2) is 19.3 Å². The van der Waals surface area contributed by atoms with E-state index in [4.69, 9.17) is 19.5 Å². The molecule has 5 heteroatoms. The summed E-state index contributed by atoms with van der Waals surface area (Å²) in [5.74, 6) is -0.281. The summed E-state index contributed by atoms with van der Waals surface area (Å²) >= 11 is 0. The molecule has 0 saturated carbocycles. The highest BCUT2D eigenvalue weighted by molar-refractivity contribution is 5.33. The van der Waals surface area contributed by atoms with Gasteiger partial charge in [0.2, 0.25) is 0 Å². The summed E-state index contributed by atoms with van der Waals surface area (Å²) in [6, 6.07) is 15.7. The van der Waals surface area contributed by atoms with Crippen LogP contribution in [0.4, 0.5) is 4.39 Å². The molecule has 3 rings (SSSR count).